The number of hydrogen-bond acceptors (Lipinski definition) is 7. The van der Waals surface area contributed by atoms with Crippen molar-refractivity contribution in [3.8, 4) is 0 Å². The van der Waals surface area contributed by atoms with Crippen LogP contribution in [0.3, 0.4) is 0 Å². The highest BCUT2D eigenvalue weighted by atomic mass is 16.7. The molecule has 0 aromatic carbocycles. The quantitative estimate of drug-likeness (QED) is 0.510. The number of aliphatic hydroxyl groups excluding tert-OH is 1. The molecular formula is C26H43NO7. The van der Waals surface area contributed by atoms with E-state index in [9.17, 15) is 9.90 Å². The molecule has 3 aliphatic rings. The van der Waals surface area contributed by atoms with Gasteiger partial charge < -0.3 is 34.1 Å². The Kier molecular flexibility index (Phi) is 9.97. The molecule has 8 nitrogen and oxygen atoms in total. The standard InChI is InChI=1S/C26H43NO7/c1-17(6-8-21-13-20(15-28)14-26(4,30-5)34-21)7-9-24-18(2)12-23(19(3)32-24)27-25(29)33-22-10-11-31-16-22/h6-8,18-24,28H,9-16H2,1-5H3,(H,27,29)/b8-6+,17-7+/t18-,19+,20?,21?,22+,23+,24-,26-/m0/s1. The summed E-state index contributed by atoms with van der Waals surface area (Å²) in [4.78, 5) is 12.2. The van der Waals surface area contributed by atoms with Crippen molar-refractivity contribution in [1.29, 1.82) is 0 Å². The summed E-state index contributed by atoms with van der Waals surface area (Å²) in [6, 6.07) is -0.0657. The summed E-state index contributed by atoms with van der Waals surface area (Å²) in [7, 11) is 1.64. The second-order valence-corrected chi connectivity index (χ2v) is 10.3. The SMILES string of the molecule is CO[C@]1(C)CC(CO)CC(/C=C/C(C)=C/C[C@@H]2O[C@H](C)[C@H](NC(=O)O[C@@H]3CCOC3)C[C@@H]2C)O1. The first-order chi connectivity index (χ1) is 16.2. The molecule has 8 heteroatoms. The zero-order chi connectivity index (χ0) is 24.7. The van der Waals surface area contributed by atoms with Crippen LogP contribution in [0.4, 0.5) is 4.79 Å². The van der Waals surface area contributed by atoms with Crippen LogP contribution in [0.2, 0.25) is 0 Å². The lowest BCUT2D eigenvalue weighted by Gasteiger charge is -2.40. The molecule has 8 atom stereocenters. The van der Waals surface area contributed by atoms with E-state index < -0.39 is 5.79 Å². The Hall–Kier alpha value is -1.45. The van der Waals surface area contributed by atoms with E-state index in [2.05, 4.69) is 37.4 Å². The van der Waals surface area contributed by atoms with Gasteiger partial charge in [0, 0.05) is 26.6 Å². The van der Waals surface area contributed by atoms with Crippen molar-refractivity contribution in [2.45, 2.75) is 96.0 Å². The Bertz CT molecular complexity index is 720. The first kappa shape index (κ1) is 27.1. The van der Waals surface area contributed by atoms with Gasteiger partial charge in [0.2, 0.25) is 0 Å². The number of alkyl carbamates (subject to hydrolysis) is 1. The maximum atomic E-state index is 12.2. The van der Waals surface area contributed by atoms with Crippen molar-refractivity contribution < 1.29 is 33.6 Å². The second kappa shape index (κ2) is 12.5. The molecule has 3 heterocycles. The molecule has 3 fully saturated rings. The van der Waals surface area contributed by atoms with Gasteiger partial charge in [0.25, 0.3) is 0 Å². The highest BCUT2D eigenvalue weighted by molar-refractivity contribution is 5.68. The number of ether oxygens (including phenoxy) is 5. The van der Waals surface area contributed by atoms with E-state index in [4.69, 9.17) is 23.7 Å². The number of hydrogen-bond donors (Lipinski definition) is 2. The molecule has 2 unspecified atom stereocenters. The van der Waals surface area contributed by atoms with Crippen molar-refractivity contribution in [1.82, 2.24) is 5.32 Å². The maximum Gasteiger partial charge on any atom is 0.407 e. The van der Waals surface area contributed by atoms with E-state index in [1.165, 1.54) is 0 Å². The van der Waals surface area contributed by atoms with Crippen molar-refractivity contribution in [2.24, 2.45) is 11.8 Å². The minimum Gasteiger partial charge on any atom is -0.444 e. The predicted octanol–water partition coefficient (Wildman–Crippen LogP) is 3.73. The molecular weight excluding hydrogens is 438 g/mol. The van der Waals surface area contributed by atoms with Crippen LogP contribution in [0.1, 0.15) is 59.8 Å². The summed E-state index contributed by atoms with van der Waals surface area (Å²) in [6.45, 7) is 9.42. The number of carbonyl (C=O) groups excluding carboxylic acids is 1. The first-order valence-electron chi connectivity index (χ1n) is 12.6. The molecule has 1 amide bonds. The minimum absolute atomic E-state index is 0.0657. The van der Waals surface area contributed by atoms with E-state index in [1.54, 1.807) is 7.11 Å². The van der Waals surface area contributed by atoms with E-state index in [1.807, 2.05) is 13.8 Å². The molecule has 194 valence electrons. The molecule has 2 N–H and O–H groups in total. The summed E-state index contributed by atoms with van der Waals surface area (Å²) in [5, 5.41) is 12.6. The fourth-order valence-electron chi connectivity index (χ4n) is 5.03. The number of allylic oxidation sites excluding steroid dienone is 2. The van der Waals surface area contributed by atoms with Gasteiger partial charge in [-0.3, -0.25) is 0 Å². The number of nitrogens with one attached hydrogen (secondary N) is 1. The van der Waals surface area contributed by atoms with Gasteiger partial charge in [-0.1, -0.05) is 30.7 Å². The smallest absolute Gasteiger partial charge is 0.407 e. The van der Waals surface area contributed by atoms with Gasteiger partial charge in [0.1, 0.15) is 6.10 Å². The minimum atomic E-state index is -0.665. The summed E-state index contributed by atoms with van der Waals surface area (Å²) in [6.07, 6.45) is 9.57. The topological polar surface area (TPSA) is 95.5 Å². The van der Waals surface area contributed by atoms with Crippen LogP contribution in [0.5, 0.6) is 0 Å². The Morgan fingerprint density at radius 1 is 1.29 bits per heavy atom. The van der Waals surface area contributed by atoms with Crippen LogP contribution < -0.4 is 5.32 Å². The summed E-state index contributed by atoms with van der Waals surface area (Å²) < 4.78 is 28.6. The van der Waals surface area contributed by atoms with Crippen molar-refractivity contribution >= 4 is 6.09 Å². The van der Waals surface area contributed by atoms with Crippen molar-refractivity contribution in [3.05, 3.63) is 23.8 Å². The molecule has 3 saturated heterocycles. The lowest BCUT2D eigenvalue weighted by molar-refractivity contribution is -0.260. The highest BCUT2D eigenvalue weighted by Gasteiger charge is 2.37. The van der Waals surface area contributed by atoms with Gasteiger partial charge in [0.05, 0.1) is 37.6 Å². The molecule has 0 aromatic heterocycles. The molecule has 0 spiro atoms. The molecule has 3 aliphatic heterocycles. The summed E-state index contributed by atoms with van der Waals surface area (Å²) >= 11 is 0. The fraction of sp³-hybridized carbons (Fsp3) is 0.808. The van der Waals surface area contributed by atoms with Gasteiger partial charge in [-0.25, -0.2) is 4.79 Å². The molecule has 0 aromatic rings. The second-order valence-electron chi connectivity index (χ2n) is 10.3. The summed E-state index contributed by atoms with van der Waals surface area (Å²) in [5.74, 6) is -0.193. The van der Waals surface area contributed by atoms with Crippen LogP contribution in [-0.4, -0.2) is 74.4 Å². The lowest BCUT2D eigenvalue weighted by Crippen LogP contribution is -2.51. The van der Waals surface area contributed by atoms with Crippen molar-refractivity contribution in [3.63, 3.8) is 0 Å². The number of amides is 1. The van der Waals surface area contributed by atoms with Gasteiger partial charge in [0.15, 0.2) is 5.79 Å². The van der Waals surface area contributed by atoms with Crippen molar-refractivity contribution in [2.75, 3.05) is 26.9 Å². The van der Waals surface area contributed by atoms with Crippen LogP contribution >= 0.6 is 0 Å². The van der Waals surface area contributed by atoms with Gasteiger partial charge in [-0.15, -0.1) is 0 Å². The normalized spacial score (nSPS) is 39.4. The van der Waals surface area contributed by atoms with Gasteiger partial charge >= 0.3 is 6.09 Å². The fourth-order valence-corrected chi connectivity index (χ4v) is 5.03. The third-order valence-electron chi connectivity index (χ3n) is 7.24. The first-order valence-corrected chi connectivity index (χ1v) is 12.6. The van der Waals surface area contributed by atoms with Crippen LogP contribution in [0.25, 0.3) is 0 Å². The molecule has 0 saturated carbocycles. The van der Waals surface area contributed by atoms with E-state index in [0.29, 0.717) is 25.6 Å². The van der Waals surface area contributed by atoms with Crippen LogP contribution in [-0.2, 0) is 23.7 Å². The molecule has 0 radical (unpaired) electrons. The lowest BCUT2D eigenvalue weighted by atomic mass is 9.88. The van der Waals surface area contributed by atoms with E-state index in [-0.39, 0.29) is 49.1 Å². The van der Waals surface area contributed by atoms with E-state index in [0.717, 1.165) is 31.3 Å². The highest BCUT2D eigenvalue weighted by Crippen LogP contribution is 2.34. The third-order valence-corrected chi connectivity index (χ3v) is 7.24. The van der Waals surface area contributed by atoms with Crippen LogP contribution in [0.15, 0.2) is 23.8 Å². The van der Waals surface area contributed by atoms with Gasteiger partial charge in [-0.2, -0.15) is 0 Å². The molecule has 34 heavy (non-hydrogen) atoms. The largest absolute Gasteiger partial charge is 0.444 e. The summed E-state index contributed by atoms with van der Waals surface area (Å²) in [5.41, 5.74) is 1.14. The van der Waals surface area contributed by atoms with Gasteiger partial charge in [-0.05, 0) is 51.9 Å². The molecule has 0 bridgehead atoms. The predicted molar refractivity (Wildman–Crippen MR) is 128 cm³/mol. The van der Waals surface area contributed by atoms with Crippen LogP contribution in [0, 0.1) is 11.8 Å². The monoisotopic (exact) mass is 481 g/mol. The number of rotatable bonds is 8. The average molecular weight is 482 g/mol. The Morgan fingerprint density at radius 2 is 2.09 bits per heavy atom. The average Bonchev–Trinajstić information content (AvgIpc) is 3.31. The van der Waals surface area contributed by atoms with E-state index >= 15 is 0 Å². The third kappa shape index (κ3) is 7.78. The Morgan fingerprint density at radius 3 is 2.76 bits per heavy atom. The number of methoxy groups -OCH3 is 1. The molecule has 3 rings (SSSR count). The molecule has 0 aliphatic carbocycles. The zero-order valence-electron chi connectivity index (χ0n) is 21.3. The maximum absolute atomic E-state index is 12.2. The Balaban J connectivity index is 1.47. The number of aliphatic hydroxyl groups is 1. The zero-order valence-corrected chi connectivity index (χ0v) is 21.3. The number of carbonyl (C=O) groups is 1. The Labute approximate surface area is 204 Å².